The molecule has 0 aromatic heterocycles. The van der Waals surface area contributed by atoms with Gasteiger partial charge in [0.1, 0.15) is 0 Å². The number of hydrogen-bond acceptors (Lipinski definition) is 3. The zero-order chi connectivity index (χ0) is 11.2. The van der Waals surface area contributed by atoms with Gasteiger partial charge in [-0.15, -0.1) is 0 Å². The lowest BCUT2D eigenvalue weighted by Crippen LogP contribution is -2.09. The molecule has 3 N–H and O–H groups in total. The molecule has 0 heterocycles. The molecule has 14 heavy (non-hydrogen) atoms. The number of para-hydroxylation sites is 2. The molecular weight excluding hydrogens is 180 g/mol. The van der Waals surface area contributed by atoms with Gasteiger partial charge in [-0.2, -0.15) is 0 Å². The third kappa shape index (κ3) is 6.31. The van der Waals surface area contributed by atoms with Crippen LogP contribution in [-0.2, 0) is 0 Å². The standard InChI is InChI=1S/C6H6O2.C5H12O/c7-5-3-1-2-4-6(5)8;1-5(2,3)4-6/h1-4,7-8H;6H,4H2,1-3H3. The molecule has 3 heteroatoms. The smallest absolute Gasteiger partial charge is 0.157 e. The number of aliphatic hydroxyl groups excluding tert-OH is 1. The molecule has 0 unspecified atom stereocenters. The quantitative estimate of drug-likeness (QED) is 0.559. The molecule has 1 aromatic rings. The van der Waals surface area contributed by atoms with Gasteiger partial charge in [-0.1, -0.05) is 32.9 Å². The number of aliphatic hydroxyl groups is 1. The molecule has 0 atom stereocenters. The topological polar surface area (TPSA) is 60.7 Å². The Labute approximate surface area is 84.6 Å². The lowest BCUT2D eigenvalue weighted by atomic mass is 9.99. The fourth-order valence-electron chi connectivity index (χ4n) is 0.464. The highest BCUT2D eigenvalue weighted by atomic mass is 16.3. The van der Waals surface area contributed by atoms with Gasteiger partial charge >= 0.3 is 0 Å². The second-order valence-electron chi connectivity index (χ2n) is 4.21. The summed E-state index contributed by atoms with van der Waals surface area (Å²) in [5, 5.41) is 25.7. The summed E-state index contributed by atoms with van der Waals surface area (Å²) in [6.07, 6.45) is 0. The maximum atomic E-state index is 8.67. The van der Waals surface area contributed by atoms with Gasteiger partial charge in [0.05, 0.1) is 0 Å². The monoisotopic (exact) mass is 198 g/mol. The van der Waals surface area contributed by atoms with Gasteiger partial charge in [0.15, 0.2) is 11.5 Å². The summed E-state index contributed by atoms with van der Waals surface area (Å²) >= 11 is 0. The van der Waals surface area contributed by atoms with Gasteiger partial charge in [-0.3, -0.25) is 0 Å². The fraction of sp³-hybridized carbons (Fsp3) is 0.455. The van der Waals surface area contributed by atoms with Crippen LogP contribution in [0.3, 0.4) is 0 Å². The molecule has 0 radical (unpaired) electrons. The van der Waals surface area contributed by atoms with E-state index in [-0.39, 0.29) is 23.5 Å². The van der Waals surface area contributed by atoms with E-state index < -0.39 is 0 Å². The zero-order valence-corrected chi connectivity index (χ0v) is 8.86. The predicted octanol–water partition coefficient (Wildman–Crippen LogP) is 2.12. The molecule has 80 valence electrons. The van der Waals surface area contributed by atoms with Gasteiger partial charge < -0.3 is 15.3 Å². The van der Waals surface area contributed by atoms with Crippen LogP contribution in [0.2, 0.25) is 0 Å². The van der Waals surface area contributed by atoms with Crippen LogP contribution in [0.15, 0.2) is 24.3 Å². The van der Waals surface area contributed by atoms with Crippen molar-refractivity contribution in [3.8, 4) is 11.5 Å². The Morgan fingerprint density at radius 1 is 1.00 bits per heavy atom. The molecule has 1 rings (SSSR count). The number of phenolic OH excluding ortho intramolecular Hbond substituents is 2. The molecule has 3 nitrogen and oxygen atoms in total. The molecule has 0 saturated heterocycles. The Kier molecular flexibility index (Phi) is 5.02. The highest BCUT2D eigenvalue weighted by Gasteiger charge is 2.05. The SMILES string of the molecule is CC(C)(C)CO.Oc1ccccc1O. The predicted molar refractivity (Wildman–Crippen MR) is 56.3 cm³/mol. The Hall–Kier alpha value is -1.22. The Morgan fingerprint density at radius 2 is 1.29 bits per heavy atom. The number of rotatable bonds is 0. The Bertz CT molecular complexity index is 242. The highest BCUT2D eigenvalue weighted by Crippen LogP contribution is 2.21. The van der Waals surface area contributed by atoms with E-state index in [1.54, 1.807) is 12.1 Å². The van der Waals surface area contributed by atoms with Crippen molar-refractivity contribution >= 4 is 0 Å². The Morgan fingerprint density at radius 3 is 1.43 bits per heavy atom. The second-order valence-corrected chi connectivity index (χ2v) is 4.21. The Balaban J connectivity index is 0.000000255. The van der Waals surface area contributed by atoms with E-state index in [9.17, 15) is 0 Å². The van der Waals surface area contributed by atoms with Crippen LogP contribution in [-0.4, -0.2) is 21.9 Å². The molecule has 0 aliphatic rings. The van der Waals surface area contributed by atoms with E-state index in [1.165, 1.54) is 12.1 Å². The summed E-state index contributed by atoms with van der Waals surface area (Å²) in [6.45, 7) is 6.25. The number of aromatic hydroxyl groups is 2. The summed E-state index contributed by atoms with van der Waals surface area (Å²) < 4.78 is 0. The van der Waals surface area contributed by atoms with Crippen molar-refractivity contribution in [2.45, 2.75) is 20.8 Å². The van der Waals surface area contributed by atoms with Crippen LogP contribution in [0, 0.1) is 5.41 Å². The van der Waals surface area contributed by atoms with Crippen molar-refractivity contribution in [3.05, 3.63) is 24.3 Å². The average molecular weight is 198 g/mol. The van der Waals surface area contributed by atoms with Crippen molar-refractivity contribution in [3.63, 3.8) is 0 Å². The number of phenols is 2. The van der Waals surface area contributed by atoms with Crippen molar-refractivity contribution in [2.24, 2.45) is 5.41 Å². The van der Waals surface area contributed by atoms with Crippen molar-refractivity contribution in [1.82, 2.24) is 0 Å². The molecule has 0 aliphatic heterocycles. The van der Waals surface area contributed by atoms with Gasteiger partial charge in [0, 0.05) is 6.61 Å². The fourth-order valence-corrected chi connectivity index (χ4v) is 0.464. The first-order valence-corrected chi connectivity index (χ1v) is 4.44. The minimum Gasteiger partial charge on any atom is -0.504 e. The third-order valence-electron chi connectivity index (χ3n) is 1.36. The van der Waals surface area contributed by atoms with Crippen LogP contribution in [0.4, 0.5) is 0 Å². The minimum absolute atomic E-state index is 0.0764. The van der Waals surface area contributed by atoms with Crippen LogP contribution >= 0.6 is 0 Å². The largest absolute Gasteiger partial charge is 0.504 e. The lowest BCUT2D eigenvalue weighted by Gasteiger charge is -2.11. The summed E-state index contributed by atoms with van der Waals surface area (Å²) in [5.41, 5.74) is 0.0972. The third-order valence-corrected chi connectivity index (χ3v) is 1.36. The van der Waals surface area contributed by atoms with Crippen LogP contribution in [0.25, 0.3) is 0 Å². The molecule has 1 aromatic carbocycles. The first-order valence-electron chi connectivity index (χ1n) is 4.44. The first-order chi connectivity index (χ1) is 6.37. The highest BCUT2D eigenvalue weighted by molar-refractivity contribution is 5.36. The number of hydrogen-bond donors (Lipinski definition) is 3. The average Bonchev–Trinajstić information content (AvgIpc) is 2.10. The van der Waals surface area contributed by atoms with E-state index in [0.29, 0.717) is 0 Å². The van der Waals surface area contributed by atoms with E-state index >= 15 is 0 Å². The van der Waals surface area contributed by atoms with E-state index in [0.717, 1.165) is 0 Å². The van der Waals surface area contributed by atoms with Gasteiger partial charge in [0.25, 0.3) is 0 Å². The van der Waals surface area contributed by atoms with E-state index in [1.807, 2.05) is 20.8 Å². The van der Waals surface area contributed by atoms with Crippen molar-refractivity contribution < 1.29 is 15.3 Å². The lowest BCUT2D eigenvalue weighted by molar-refractivity contribution is 0.177. The zero-order valence-electron chi connectivity index (χ0n) is 8.86. The number of benzene rings is 1. The summed E-state index contributed by atoms with van der Waals surface area (Å²) in [6, 6.07) is 6.15. The minimum atomic E-state index is -0.0764. The molecule has 0 spiro atoms. The van der Waals surface area contributed by atoms with Crippen molar-refractivity contribution in [1.29, 1.82) is 0 Å². The summed E-state index contributed by atoms with van der Waals surface area (Å²) in [4.78, 5) is 0. The summed E-state index contributed by atoms with van der Waals surface area (Å²) in [5.74, 6) is -0.153. The molecule has 0 aliphatic carbocycles. The molecule has 0 fully saturated rings. The molecular formula is C11H18O3. The summed E-state index contributed by atoms with van der Waals surface area (Å²) in [7, 11) is 0. The van der Waals surface area contributed by atoms with Crippen LogP contribution in [0.1, 0.15) is 20.8 Å². The van der Waals surface area contributed by atoms with Crippen molar-refractivity contribution in [2.75, 3.05) is 6.61 Å². The second kappa shape index (κ2) is 5.50. The maximum Gasteiger partial charge on any atom is 0.157 e. The normalized spacial score (nSPS) is 10.3. The molecule has 0 saturated carbocycles. The van der Waals surface area contributed by atoms with E-state index in [4.69, 9.17) is 15.3 Å². The maximum absolute atomic E-state index is 8.67. The molecule has 0 amide bonds. The van der Waals surface area contributed by atoms with Gasteiger partial charge in [-0.05, 0) is 17.5 Å². The van der Waals surface area contributed by atoms with Gasteiger partial charge in [-0.25, -0.2) is 0 Å². The van der Waals surface area contributed by atoms with Crippen LogP contribution in [0.5, 0.6) is 11.5 Å². The van der Waals surface area contributed by atoms with Crippen LogP contribution < -0.4 is 0 Å². The van der Waals surface area contributed by atoms with E-state index in [2.05, 4.69) is 0 Å². The van der Waals surface area contributed by atoms with Gasteiger partial charge in [0.2, 0.25) is 0 Å². The molecule has 0 bridgehead atoms. The first kappa shape index (κ1) is 12.8.